The molecule has 154 valence electrons. The first-order chi connectivity index (χ1) is 12.4. The van der Waals surface area contributed by atoms with Crippen molar-refractivity contribution in [3.63, 3.8) is 0 Å². The molecule has 3 rings (SSSR count). The van der Waals surface area contributed by atoms with Crippen molar-refractivity contribution >= 4 is 22.4 Å². The van der Waals surface area contributed by atoms with Gasteiger partial charge in [-0.25, -0.2) is 12.7 Å². The molecule has 2 heterocycles. The van der Waals surface area contributed by atoms with Gasteiger partial charge in [0.1, 0.15) is 0 Å². The van der Waals surface area contributed by atoms with Gasteiger partial charge in [-0.2, -0.15) is 0 Å². The fraction of sp³-hybridized carbons (Fsp3) is 0.667. The topological polar surface area (TPSA) is 91.1 Å². The van der Waals surface area contributed by atoms with E-state index in [0.717, 1.165) is 36.1 Å². The van der Waals surface area contributed by atoms with E-state index < -0.39 is 10.0 Å². The molecular weight excluding hydrogens is 392 g/mol. The van der Waals surface area contributed by atoms with Crippen molar-refractivity contribution in [2.75, 3.05) is 40.1 Å². The molecule has 2 aliphatic heterocycles. The van der Waals surface area contributed by atoms with Crippen LogP contribution in [0.25, 0.3) is 0 Å². The molecule has 2 N–H and O–H groups in total. The lowest BCUT2D eigenvalue weighted by atomic mass is 9.83. The molecule has 27 heavy (non-hydrogen) atoms. The molecule has 1 saturated heterocycles. The highest BCUT2D eigenvalue weighted by molar-refractivity contribution is 7.88. The number of fused-ring (bicyclic) bond motifs is 1. The number of nitrogens with zero attached hydrogens (tertiary/aromatic N) is 1. The number of sulfonamides is 1. The van der Waals surface area contributed by atoms with Crippen LogP contribution >= 0.6 is 12.4 Å². The zero-order valence-electron chi connectivity index (χ0n) is 16.0. The van der Waals surface area contributed by atoms with Gasteiger partial charge in [0.25, 0.3) is 0 Å². The Morgan fingerprint density at radius 2 is 1.89 bits per heavy atom. The number of hydrogen-bond acceptors (Lipinski definition) is 6. The molecular formula is C18H29ClN2O5S. The normalized spacial score (nSPS) is 24.0. The second-order valence-corrected chi connectivity index (χ2v) is 8.95. The second-order valence-electron chi connectivity index (χ2n) is 6.97. The molecule has 1 aromatic rings. The summed E-state index contributed by atoms with van der Waals surface area (Å²) in [6.45, 7) is 1.47. The fourth-order valence-corrected chi connectivity index (χ4v) is 4.97. The quantitative estimate of drug-likeness (QED) is 0.780. The summed E-state index contributed by atoms with van der Waals surface area (Å²) in [6, 6.07) is 3.88. The van der Waals surface area contributed by atoms with E-state index in [1.807, 2.05) is 12.1 Å². The third-order valence-electron chi connectivity index (χ3n) is 5.48. The maximum atomic E-state index is 11.7. The summed E-state index contributed by atoms with van der Waals surface area (Å²) in [6.07, 6.45) is 3.38. The highest BCUT2D eigenvalue weighted by Crippen LogP contribution is 2.43. The van der Waals surface area contributed by atoms with E-state index in [1.54, 1.807) is 18.5 Å². The van der Waals surface area contributed by atoms with Gasteiger partial charge in [0.2, 0.25) is 10.0 Å². The Labute approximate surface area is 167 Å². The van der Waals surface area contributed by atoms with Crippen molar-refractivity contribution in [3.8, 4) is 11.5 Å². The maximum absolute atomic E-state index is 11.7. The van der Waals surface area contributed by atoms with E-state index in [1.165, 1.54) is 6.26 Å². The molecule has 1 aromatic carbocycles. The van der Waals surface area contributed by atoms with Crippen LogP contribution in [0.5, 0.6) is 11.5 Å². The largest absolute Gasteiger partial charge is 0.493 e. The molecule has 0 aliphatic carbocycles. The molecule has 1 fully saturated rings. The van der Waals surface area contributed by atoms with Gasteiger partial charge in [0, 0.05) is 31.6 Å². The average Bonchev–Trinajstić information content (AvgIpc) is 2.65. The maximum Gasteiger partial charge on any atom is 0.211 e. The Bertz CT molecular complexity index is 750. The monoisotopic (exact) mass is 420 g/mol. The van der Waals surface area contributed by atoms with Crippen LogP contribution in [0.15, 0.2) is 12.1 Å². The van der Waals surface area contributed by atoms with Crippen LogP contribution in [0.4, 0.5) is 0 Å². The average molecular weight is 421 g/mol. The van der Waals surface area contributed by atoms with Crippen LogP contribution < -0.4 is 15.2 Å². The van der Waals surface area contributed by atoms with E-state index >= 15 is 0 Å². The number of rotatable bonds is 5. The number of benzene rings is 1. The third-order valence-corrected chi connectivity index (χ3v) is 6.79. The van der Waals surface area contributed by atoms with Gasteiger partial charge in [-0.05, 0) is 30.4 Å². The van der Waals surface area contributed by atoms with E-state index in [9.17, 15) is 8.42 Å². The van der Waals surface area contributed by atoms with Crippen LogP contribution in [0.3, 0.4) is 0 Å². The summed E-state index contributed by atoms with van der Waals surface area (Å²) < 4.78 is 42.4. The van der Waals surface area contributed by atoms with Crippen LogP contribution in [-0.4, -0.2) is 58.9 Å². The first kappa shape index (κ1) is 22.2. The van der Waals surface area contributed by atoms with Gasteiger partial charge >= 0.3 is 0 Å². The first-order valence-corrected chi connectivity index (χ1v) is 10.8. The molecule has 0 amide bonds. The highest BCUT2D eigenvalue weighted by Gasteiger charge is 2.37. The van der Waals surface area contributed by atoms with Gasteiger partial charge in [-0.15, -0.1) is 12.4 Å². The minimum atomic E-state index is -3.13. The SMILES string of the molecule is COc1ccc2c(c1OC)CC(C1CCN(S(C)(=O)=O)CC1)OC2CN.Cl. The summed E-state index contributed by atoms with van der Waals surface area (Å²) in [5.74, 6) is 1.74. The Morgan fingerprint density at radius 1 is 1.22 bits per heavy atom. The van der Waals surface area contributed by atoms with E-state index in [2.05, 4.69) is 0 Å². The molecule has 2 aliphatic rings. The number of halogens is 1. The Hall–Kier alpha value is -1.06. The lowest BCUT2D eigenvalue weighted by Crippen LogP contribution is -2.43. The van der Waals surface area contributed by atoms with Gasteiger partial charge in [0.05, 0.1) is 32.7 Å². The molecule has 0 aromatic heterocycles. The summed E-state index contributed by atoms with van der Waals surface area (Å²) >= 11 is 0. The minimum Gasteiger partial charge on any atom is -0.493 e. The lowest BCUT2D eigenvalue weighted by Gasteiger charge is -2.40. The van der Waals surface area contributed by atoms with Crippen molar-refractivity contribution in [2.24, 2.45) is 11.7 Å². The fourth-order valence-electron chi connectivity index (χ4n) is 4.09. The van der Waals surface area contributed by atoms with E-state index in [0.29, 0.717) is 31.3 Å². The molecule has 7 nitrogen and oxygen atoms in total. The second kappa shape index (κ2) is 8.96. The molecule has 9 heteroatoms. The van der Waals surface area contributed by atoms with Crippen molar-refractivity contribution in [2.45, 2.75) is 31.5 Å². The molecule has 2 atom stereocenters. The number of methoxy groups -OCH3 is 2. The van der Waals surface area contributed by atoms with Gasteiger partial charge in [-0.1, -0.05) is 6.07 Å². The summed E-state index contributed by atoms with van der Waals surface area (Å²) in [7, 11) is 0.143. The molecule has 0 saturated carbocycles. The Kier molecular flexibility index (Phi) is 7.38. The summed E-state index contributed by atoms with van der Waals surface area (Å²) in [5.41, 5.74) is 8.10. The van der Waals surface area contributed by atoms with Crippen LogP contribution in [0, 0.1) is 5.92 Å². The minimum absolute atomic E-state index is 0. The number of piperidine rings is 1. The van der Waals surface area contributed by atoms with Crippen molar-refractivity contribution in [1.29, 1.82) is 0 Å². The van der Waals surface area contributed by atoms with Crippen molar-refractivity contribution in [1.82, 2.24) is 4.31 Å². The molecule has 0 bridgehead atoms. The van der Waals surface area contributed by atoms with Gasteiger partial charge in [0.15, 0.2) is 11.5 Å². The smallest absolute Gasteiger partial charge is 0.211 e. The number of ether oxygens (including phenoxy) is 3. The van der Waals surface area contributed by atoms with Gasteiger partial charge in [-0.3, -0.25) is 0 Å². The Balaban J connectivity index is 0.00000261. The van der Waals surface area contributed by atoms with Gasteiger partial charge < -0.3 is 19.9 Å². The number of nitrogens with two attached hydrogens (primary N) is 1. The Morgan fingerprint density at radius 3 is 2.41 bits per heavy atom. The van der Waals surface area contributed by atoms with Crippen LogP contribution in [-0.2, 0) is 21.2 Å². The zero-order valence-corrected chi connectivity index (χ0v) is 17.6. The van der Waals surface area contributed by atoms with Crippen molar-refractivity contribution in [3.05, 3.63) is 23.3 Å². The van der Waals surface area contributed by atoms with E-state index in [4.69, 9.17) is 19.9 Å². The standard InChI is InChI=1S/C18H28N2O5S.ClH/c1-23-15-5-4-13-14(18(15)24-2)10-16(25-17(13)11-19)12-6-8-20(9-7-12)26(3,21)22;/h4-5,12,16-17H,6-11,19H2,1-3H3;1H. The third kappa shape index (κ3) is 4.51. The molecule has 0 radical (unpaired) electrons. The van der Waals surface area contributed by atoms with Crippen LogP contribution in [0.1, 0.15) is 30.1 Å². The molecule has 2 unspecified atom stereocenters. The van der Waals surface area contributed by atoms with E-state index in [-0.39, 0.29) is 24.6 Å². The first-order valence-electron chi connectivity index (χ1n) is 8.93. The predicted molar refractivity (Wildman–Crippen MR) is 106 cm³/mol. The summed E-state index contributed by atoms with van der Waals surface area (Å²) in [4.78, 5) is 0. The predicted octanol–water partition coefficient (Wildman–Crippen LogP) is 1.74. The van der Waals surface area contributed by atoms with Crippen molar-refractivity contribution < 1.29 is 22.6 Å². The molecule has 0 spiro atoms. The summed E-state index contributed by atoms with van der Waals surface area (Å²) in [5, 5.41) is 0. The van der Waals surface area contributed by atoms with Crippen LogP contribution in [0.2, 0.25) is 0 Å². The highest BCUT2D eigenvalue weighted by atomic mass is 35.5. The lowest BCUT2D eigenvalue weighted by molar-refractivity contribution is -0.0612. The number of hydrogen-bond donors (Lipinski definition) is 1. The zero-order chi connectivity index (χ0) is 18.9.